The van der Waals surface area contributed by atoms with Crippen LogP contribution >= 0.6 is 11.6 Å². The fraction of sp³-hybridized carbons (Fsp3) is 0.429. The molecule has 0 spiro atoms. The second-order valence-electron chi connectivity index (χ2n) is 4.76. The van der Waals surface area contributed by atoms with Crippen LogP contribution in [0.15, 0.2) is 18.2 Å². The molecule has 24 heavy (non-hydrogen) atoms. The summed E-state index contributed by atoms with van der Waals surface area (Å²) in [6, 6.07) is 1.34. The zero-order valence-electron chi connectivity index (χ0n) is 12.8. The molecule has 0 fully saturated rings. The zero-order chi connectivity index (χ0) is 17.6. The van der Waals surface area contributed by atoms with Crippen LogP contribution in [0.3, 0.4) is 0 Å². The Labute approximate surface area is 184 Å². The number of alkyl halides is 2. The van der Waals surface area contributed by atoms with Crippen molar-refractivity contribution in [2.24, 2.45) is 0 Å². The Kier molecular flexibility index (Phi) is 11.4. The Hall–Kier alpha value is -0.164. The third-order valence-electron chi connectivity index (χ3n) is 3.11. The Morgan fingerprint density at radius 2 is 1.96 bits per heavy atom. The van der Waals surface area contributed by atoms with Crippen molar-refractivity contribution in [3.63, 3.8) is 0 Å². The summed E-state index contributed by atoms with van der Waals surface area (Å²) in [6.45, 7) is -0.527. The number of carboxylic acids is 1. The van der Waals surface area contributed by atoms with Crippen LogP contribution in [0, 0.1) is 5.82 Å². The van der Waals surface area contributed by atoms with Gasteiger partial charge in [0.25, 0.3) is 0 Å². The van der Waals surface area contributed by atoms with Crippen molar-refractivity contribution in [3.8, 4) is 0 Å². The molecule has 0 radical (unpaired) electrons. The number of hydrogen-bond donors (Lipinski definition) is 2. The molecular formula is C14H14ClF3KNO4. The van der Waals surface area contributed by atoms with Gasteiger partial charge in [-0.05, 0) is 24.1 Å². The number of aliphatic carboxylic acids is 1. The number of aliphatic hydroxyl groups excluding tert-OH is 1. The molecule has 10 heteroatoms. The number of hydrogen-bond acceptors (Lipinski definition) is 4. The van der Waals surface area contributed by atoms with Gasteiger partial charge in [-0.1, -0.05) is 17.7 Å². The first-order chi connectivity index (χ1) is 10.8. The minimum absolute atomic E-state index is 0. The SMILES string of the molecule is O=C(CC(c1ccc(F)cc1Cl)C(F)F)N[C@@H](CCO)C(=O)[O-].[K+]. The number of carbonyl (C=O) groups excluding carboxylic acids is 2. The molecule has 1 rings (SSSR count). The van der Waals surface area contributed by atoms with Crippen molar-refractivity contribution >= 4 is 23.5 Å². The Morgan fingerprint density at radius 1 is 1.33 bits per heavy atom. The van der Waals surface area contributed by atoms with E-state index in [0.29, 0.717) is 0 Å². The van der Waals surface area contributed by atoms with Crippen molar-refractivity contribution in [2.75, 3.05) is 6.61 Å². The summed E-state index contributed by atoms with van der Waals surface area (Å²) in [5.74, 6) is -4.95. The van der Waals surface area contributed by atoms with Crippen molar-refractivity contribution in [3.05, 3.63) is 34.6 Å². The van der Waals surface area contributed by atoms with Gasteiger partial charge in [-0.25, -0.2) is 13.2 Å². The van der Waals surface area contributed by atoms with Gasteiger partial charge >= 0.3 is 51.4 Å². The smallest absolute Gasteiger partial charge is 0.548 e. The second-order valence-corrected chi connectivity index (χ2v) is 5.17. The van der Waals surface area contributed by atoms with E-state index in [1.54, 1.807) is 0 Å². The molecule has 1 unspecified atom stereocenters. The Bertz CT molecular complexity index is 577. The zero-order valence-corrected chi connectivity index (χ0v) is 16.6. The first-order valence-electron chi connectivity index (χ1n) is 6.60. The molecule has 0 aromatic heterocycles. The third-order valence-corrected chi connectivity index (χ3v) is 3.44. The molecule has 1 aromatic carbocycles. The first-order valence-corrected chi connectivity index (χ1v) is 6.98. The number of carbonyl (C=O) groups is 2. The van der Waals surface area contributed by atoms with E-state index in [-0.39, 0.29) is 68.4 Å². The maximum atomic E-state index is 13.2. The largest absolute Gasteiger partial charge is 1.00 e. The van der Waals surface area contributed by atoms with E-state index in [4.69, 9.17) is 16.7 Å². The molecule has 2 atom stereocenters. The van der Waals surface area contributed by atoms with Crippen LogP contribution in [-0.4, -0.2) is 36.1 Å². The molecule has 0 bridgehead atoms. The van der Waals surface area contributed by atoms with Gasteiger partial charge in [0.05, 0.1) is 17.9 Å². The van der Waals surface area contributed by atoms with Crippen LogP contribution in [0.25, 0.3) is 0 Å². The summed E-state index contributed by atoms with van der Waals surface area (Å²) < 4.78 is 39.3. The van der Waals surface area contributed by atoms with Crippen LogP contribution in [0.2, 0.25) is 5.02 Å². The summed E-state index contributed by atoms with van der Waals surface area (Å²) >= 11 is 5.72. The molecule has 0 aliphatic carbocycles. The number of amides is 1. The molecule has 0 saturated heterocycles. The maximum Gasteiger partial charge on any atom is 1.00 e. The maximum absolute atomic E-state index is 13.2. The Morgan fingerprint density at radius 3 is 2.42 bits per heavy atom. The molecule has 1 aromatic rings. The molecule has 2 N–H and O–H groups in total. The van der Waals surface area contributed by atoms with Gasteiger partial charge in [0.1, 0.15) is 5.82 Å². The molecule has 5 nitrogen and oxygen atoms in total. The molecule has 0 saturated carbocycles. The van der Waals surface area contributed by atoms with Gasteiger partial charge in [-0.2, -0.15) is 0 Å². The van der Waals surface area contributed by atoms with E-state index in [9.17, 15) is 27.9 Å². The third kappa shape index (κ3) is 7.38. The number of benzene rings is 1. The van der Waals surface area contributed by atoms with E-state index in [1.807, 2.05) is 5.32 Å². The normalized spacial score (nSPS) is 13.1. The standard InChI is InChI=1S/C14H15ClF3NO4.K/c15-10-5-7(16)1-2-8(10)9(13(17)18)6-12(21)19-11(3-4-20)14(22)23;/h1-2,5,9,11,13,20H,3-4,6H2,(H,19,21)(H,22,23);/q;+1/p-1/t9?,11-;/m0./s1. The summed E-state index contributed by atoms with van der Waals surface area (Å²) in [7, 11) is 0. The van der Waals surface area contributed by atoms with Crippen molar-refractivity contribution < 1.29 is 84.4 Å². The molecule has 1 amide bonds. The first kappa shape index (κ1) is 23.8. The number of nitrogens with one attached hydrogen (secondary N) is 1. The van der Waals surface area contributed by atoms with Crippen LogP contribution in [0.5, 0.6) is 0 Å². The van der Waals surface area contributed by atoms with Gasteiger partial charge in [-0.15, -0.1) is 0 Å². The van der Waals surface area contributed by atoms with E-state index in [1.165, 1.54) is 0 Å². The molecule has 128 valence electrons. The molecule has 0 aliphatic heterocycles. The van der Waals surface area contributed by atoms with Crippen molar-refractivity contribution in [2.45, 2.75) is 31.2 Å². The monoisotopic (exact) mass is 391 g/mol. The average Bonchev–Trinajstić information content (AvgIpc) is 2.44. The molecular weight excluding hydrogens is 378 g/mol. The van der Waals surface area contributed by atoms with Gasteiger partial charge < -0.3 is 20.3 Å². The summed E-state index contributed by atoms with van der Waals surface area (Å²) in [5, 5.41) is 21.2. The van der Waals surface area contributed by atoms with Crippen molar-refractivity contribution in [1.82, 2.24) is 5.32 Å². The summed E-state index contributed by atoms with van der Waals surface area (Å²) in [6.07, 6.45) is -4.04. The molecule has 0 heterocycles. The quantitative estimate of drug-likeness (QED) is 0.494. The van der Waals surface area contributed by atoms with E-state index in [0.717, 1.165) is 18.2 Å². The second kappa shape index (κ2) is 11.5. The molecule has 0 aliphatic rings. The summed E-state index contributed by atoms with van der Waals surface area (Å²) in [4.78, 5) is 22.5. The number of aliphatic hydroxyl groups is 1. The fourth-order valence-corrected chi connectivity index (χ4v) is 2.28. The van der Waals surface area contributed by atoms with Crippen LogP contribution in [0.1, 0.15) is 24.3 Å². The number of carboxylic acid groups (broad SMARTS) is 1. The minimum atomic E-state index is -2.97. The predicted molar refractivity (Wildman–Crippen MR) is 73.4 cm³/mol. The van der Waals surface area contributed by atoms with E-state index in [2.05, 4.69) is 0 Å². The summed E-state index contributed by atoms with van der Waals surface area (Å²) in [5.41, 5.74) is -0.120. The Balaban J connectivity index is 0.00000529. The number of halogens is 4. The van der Waals surface area contributed by atoms with Crippen molar-refractivity contribution in [1.29, 1.82) is 0 Å². The minimum Gasteiger partial charge on any atom is -0.548 e. The van der Waals surface area contributed by atoms with Crippen LogP contribution in [-0.2, 0) is 9.59 Å². The number of rotatable bonds is 8. The van der Waals surface area contributed by atoms with Gasteiger partial charge in [0.15, 0.2) is 0 Å². The van der Waals surface area contributed by atoms with Gasteiger partial charge in [0, 0.05) is 18.1 Å². The topological polar surface area (TPSA) is 89.5 Å². The van der Waals surface area contributed by atoms with Crippen LogP contribution < -0.4 is 61.8 Å². The predicted octanol–water partition coefficient (Wildman–Crippen LogP) is -2.16. The van der Waals surface area contributed by atoms with Crippen LogP contribution in [0.4, 0.5) is 13.2 Å². The van der Waals surface area contributed by atoms with E-state index >= 15 is 0 Å². The van der Waals surface area contributed by atoms with Gasteiger partial charge in [-0.3, -0.25) is 4.79 Å². The average molecular weight is 392 g/mol. The van der Waals surface area contributed by atoms with Gasteiger partial charge in [0.2, 0.25) is 12.3 Å². The fourth-order valence-electron chi connectivity index (χ4n) is 1.97. The van der Waals surface area contributed by atoms with E-state index < -0.39 is 49.1 Å².